The van der Waals surface area contributed by atoms with Crippen LogP contribution >= 0.6 is 0 Å². The van der Waals surface area contributed by atoms with E-state index in [1.54, 1.807) is 7.11 Å². The molecule has 0 radical (unpaired) electrons. The van der Waals surface area contributed by atoms with Crippen molar-refractivity contribution >= 4 is 0 Å². The fourth-order valence-corrected chi connectivity index (χ4v) is 2.42. The van der Waals surface area contributed by atoms with Crippen molar-refractivity contribution in [2.75, 3.05) is 39.9 Å². The molecule has 3 heteroatoms. The summed E-state index contributed by atoms with van der Waals surface area (Å²) in [6, 6.07) is 0.525. The maximum Gasteiger partial charge on any atom is 0.0615 e. The summed E-state index contributed by atoms with van der Waals surface area (Å²) in [6.07, 6.45) is 1.29. The van der Waals surface area contributed by atoms with Crippen LogP contribution < -0.4 is 5.32 Å². The minimum absolute atomic E-state index is 0.456. The first-order valence-corrected chi connectivity index (χ1v) is 6.05. The van der Waals surface area contributed by atoms with Gasteiger partial charge in [-0.3, -0.25) is 4.90 Å². The molecule has 0 bridgehead atoms. The maximum atomic E-state index is 5.23. The topological polar surface area (TPSA) is 24.5 Å². The summed E-state index contributed by atoms with van der Waals surface area (Å²) in [4.78, 5) is 2.52. The molecule has 0 saturated carbocycles. The van der Waals surface area contributed by atoms with Crippen LogP contribution in [0.3, 0.4) is 0 Å². The summed E-state index contributed by atoms with van der Waals surface area (Å²) in [5.74, 6) is 0. The number of hydrogen-bond acceptors (Lipinski definition) is 3. The monoisotopic (exact) mass is 214 g/mol. The second-order valence-corrected chi connectivity index (χ2v) is 5.10. The Hall–Kier alpha value is -0.120. The summed E-state index contributed by atoms with van der Waals surface area (Å²) < 4.78 is 5.23. The zero-order chi connectivity index (χ0) is 11.3. The van der Waals surface area contributed by atoms with Gasteiger partial charge in [0.15, 0.2) is 0 Å². The molecule has 3 nitrogen and oxygen atoms in total. The molecule has 15 heavy (non-hydrogen) atoms. The van der Waals surface area contributed by atoms with Gasteiger partial charge in [-0.2, -0.15) is 0 Å². The highest BCUT2D eigenvalue weighted by Gasteiger charge is 2.31. The Bertz CT molecular complexity index is 178. The number of hydrogen-bond donors (Lipinski definition) is 1. The molecule has 1 aliphatic heterocycles. The van der Waals surface area contributed by atoms with Gasteiger partial charge in [-0.1, -0.05) is 13.8 Å². The van der Waals surface area contributed by atoms with Gasteiger partial charge >= 0.3 is 0 Å². The van der Waals surface area contributed by atoms with Gasteiger partial charge in [0.25, 0.3) is 0 Å². The largest absolute Gasteiger partial charge is 0.383 e. The van der Waals surface area contributed by atoms with Crippen molar-refractivity contribution in [3.63, 3.8) is 0 Å². The highest BCUT2D eigenvalue weighted by Crippen LogP contribution is 2.26. The Balaban J connectivity index is 2.44. The van der Waals surface area contributed by atoms with Crippen LogP contribution in [0.15, 0.2) is 0 Å². The van der Waals surface area contributed by atoms with Crippen LogP contribution in [-0.4, -0.2) is 50.8 Å². The van der Waals surface area contributed by atoms with E-state index < -0.39 is 0 Å². The fraction of sp³-hybridized carbons (Fsp3) is 1.00. The van der Waals surface area contributed by atoms with Gasteiger partial charge in [0.05, 0.1) is 6.61 Å². The van der Waals surface area contributed by atoms with E-state index in [2.05, 4.69) is 31.0 Å². The van der Waals surface area contributed by atoms with Gasteiger partial charge in [0, 0.05) is 26.2 Å². The lowest BCUT2D eigenvalue weighted by molar-refractivity contribution is 0.0760. The van der Waals surface area contributed by atoms with Crippen LogP contribution in [0.25, 0.3) is 0 Å². The van der Waals surface area contributed by atoms with E-state index in [1.807, 2.05) is 0 Å². The maximum absolute atomic E-state index is 5.23. The van der Waals surface area contributed by atoms with E-state index in [0.29, 0.717) is 11.5 Å². The van der Waals surface area contributed by atoms with Crippen molar-refractivity contribution in [2.24, 2.45) is 5.41 Å². The lowest BCUT2D eigenvalue weighted by Crippen LogP contribution is -2.43. The van der Waals surface area contributed by atoms with Crippen LogP contribution in [0.4, 0.5) is 0 Å². The van der Waals surface area contributed by atoms with E-state index in [0.717, 1.165) is 19.7 Å². The zero-order valence-corrected chi connectivity index (χ0v) is 10.7. The Morgan fingerprint density at radius 2 is 2.27 bits per heavy atom. The minimum atomic E-state index is 0.456. The molecule has 1 fully saturated rings. The Morgan fingerprint density at radius 1 is 1.53 bits per heavy atom. The molecule has 0 aliphatic carbocycles. The molecule has 90 valence electrons. The van der Waals surface area contributed by atoms with Crippen LogP contribution in [0.1, 0.15) is 27.2 Å². The van der Waals surface area contributed by atoms with Gasteiger partial charge in [-0.05, 0) is 31.8 Å². The first-order chi connectivity index (χ1) is 7.11. The fourth-order valence-electron chi connectivity index (χ4n) is 2.42. The van der Waals surface area contributed by atoms with Crippen molar-refractivity contribution in [2.45, 2.75) is 33.2 Å². The Labute approximate surface area is 94.2 Å². The molecule has 1 aliphatic rings. The molecule has 1 heterocycles. The third-order valence-electron chi connectivity index (χ3n) is 3.48. The van der Waals surface area contributed by atoms with E-state index in [4.69, 9.17) is 4.74 Å². The lowest BCUT2D eigenvalue weighted by atomic mass is 9.89. The summed E-state index contributed by atoms with van der Waals surface area (Å²) in [6.45, 7) is 12.3. The molecule has 0 aromatic carbocycles. The molecule has 1 saturated heterocycles. The Kier molecular flexibility index (Phi) is 5.03. The minimum Gasteiger partial charge on any atom is -0.383 e. The predicted octanol–water partition coefficient (Wildman–Crippen LogP) is 1.34. The van der Waals surface area contributed by atoms with Crippen molar-refractivity contribution < 1.29 is 4.74 Å². The zero-order valence-electron chi connectivity index (χ0n) is 10.7. The van der Waals surface area contributed by atoms with Crippen LogP contribution in [-0.2, 0) is 4.74 Å². The molecule has 0 amide bonds. The van der Waals surface area contributed by atoms with E-state index >= 15 is 0 Å². The third-order valence-corrected chi connectivity index (χ3v) is 3.48. The number of nitrogens with one attached hydrogen (secondary N) is 1. The summed E-state index contributed by atoms with van der Waals surface area (Å²) in [5, 5.41) is 3.46. The van der Waals surface area contributed by atoms with E-state index in [9.17, 15) is 0 Å². The SMILES string of the molecule is CCN(CC1(C)CCNC1)C(C)COC. The van der Waals surface area contributed by atoms with Crippen molar-refractivity contribution in [1.29, 1.82) is 0 Å². The lowest BCUT2D eigenvalue weighted by Gasteiger charge is -2.35. The summed E-state index contributed by atoms with van der Waals surface area (Å²) in [5.41, 5.74) is 0.456. The van der Waals surface area contributed by atoms with Crippen LogP contribution in [0.5, 0.6) is 0 Å². The number of ether oxygens (including phenoxy) is 1. The van der Waals surface area contributed by atoms with Crippen molar-refractivity contribution in [3.8, 4) is 0 Å². The van der Waals surface area contributed by atoms with Gasteiger partial charge in [-0.15, -0.1) is 0 Å². The molecule has 2 unspecified atom stereocenters. The Morgan fingerprint density at radius 3 is 2.73 bits per heavy atom. The average Bonchev–Trinajstić information content (AvgIpc) is 2.62. The molecule has 0 aromatic rings. The van der Waals surface area contributed by atoms with Gasteiger partial charge in [0.2, 0.25) is 0 Å². The van der Waals surface area contributed by atoms with Gasteiger partial charge < -0.3 is 10.1 Å². The van der Waals surface area contributed by atoms with Crippen molar-refractivity contribution in [3.05, 3.63) is 0 Å². The normalized spacial score (nSPS) is 28.6. The van der Waals surface area contributed by atoms with Gasteiger partial charge in [-0.25, -0.2) is 0 Å². The second-order valence-electron chi connectivity index (χ2n) is 5.10. The molecule has 1 N–H and O–H groups in total. The standard InChI is InChI=1S/C12H26N2O/c1-5-14(11(2)8-15-4)10-12(3)6-7-13-9-12/h11,13H,5-10H2,1-4H3. The smallest absolute Gasteiger partial charge is 0.0615 e. The first kappa shape index (κ1) is 12.9. The highest BCUT2D eigenvalue weighted by atomic mass is 16.5. The first-order valence-electron chi connectivity index (χ1n) is 6.05. The number of rotatable bonds is 6. The molecule has 2 atom stereocenters. The van der Waals surface area contributed by atoms with Crippen LogP contribution in [0, 0.1) is 5.41 Å². The molecular weight excluding hydrogens is 188 g/mol. The van der Waals surface area contributed by atoms with E-state index in [-0.39, 0.29) is 0 Å². The number of nitrogens with zero attached hydrogens (tertiary/aromatic N) is 1. The van der Waals surface area contributed by atoms with E-state index in [1.165, 1.54) is 19.5 Å². The third kappa shape index (κ3) is 3.74. The molecular formula is C12H26N2O. The molecule has 0 aromatic heterocycles. The summed E-state index contributed by atoms with van der Waals surface area (Å²) >= 11 is 0. The van der Waals surface area contributed by atoms with Crippen molar-refractivity contribution in [1.82, 2.24) is 10.2 Å². The number of likely N-dealkylation sites (N-methyl/N-ethyl adjacent to an activating group) is 1. The van der Waals surface area contributed by atoms with Crippen LogP contribution in [0.2, 0.25) is 0 Å². The number of methoxy groups -OCH3 is 1. The quantitative estimate of drug-likeness (QED) is 0.722. The molecule has 1 rings (SSSR count). The predicted molar refractivity (Wildman–Crippen MR) is 64.2 cm³/mol. The average molecular weight is 214 g/mol. The van der Waals surface area contributed by atoms with Gasteiger partial charge in [0.1, 0.15) is 0 Å². The highest BCUT2D eigenvalue weighted by molar-refractivity contribution is 4.87. The second kappa shape index (κ2) is 5.83. The summed E-state index contributed by atoms with van der Waals surface area (Å²) in [7, 11) is 1.78. The molecule has 0 spiro atoms.